The Morgan fingerprint density at radius 1 is 1.12 bits per heavy atom. The van der Waals surface area contributed by atoms with Gasteiger partial charge in [0.2, 0.25) is 0 Å². The van der Waals surface area contributed by atoms with Gasteiger partial charge < -0.3 is 10.1 Å². The van der Waals surface area contributed by atoms with Gasteiger partial charge in [-0.1, -0.05) is 50.8 Å². The predicted octanol–water partition coefficient (Wildman–Crippen LogP) is 3.91. The molecule has 94 valence electrons. The van der Waals surface area contributed by atoms with Crippen LogP contribution < -0.4 is 10.1 Å². The minimum Gasteiger partial charge on any atom is -0.432 e. The average Bonchev–Trinajstić information content (AvgIpc) is 2.35. The lowest BCUT2D eigenvalue weighted by molar-refractivity contribution is 0.524. The van der Waals surface area contributed by atoms with Crippen LogP contribution in [0.5, 0.6) is 5.75 Å². The van der Waals surface area contributed by atoms with E-state index in [2.05, 4.69) is 12.2 Å². The van der Waals surface area contributed by atoms with Crippen LogP contribution in [0.3, 0.4) is 0 Å². The van der Waals surface area contributed by atoms with Gasteiger partial charge in [0.05, 0.1) is 0 Å². The largest absolute Gasteiger partial charge is 0.432 e. The molecule has 1 aromatic carbocycles. The van der Waals surface area contributed by atoms with Crippen molar-refractivity contribution >= 4 is 17.4 Å². The molecule has 0 aliphatic carbocycles. The zero-order valence-electron chi connectivity index (χ0n) is 10.4. The fraction of sp³-hybridized carbons (Fsp3) is 0.500. The number of unbranched alkanes of at least 4 members (excludes halogenated alkanes) is 4. The molecule has 3 heteroatoms. The quantitative estimate of drug-likeness (QED) is 0.586. The van der Waals surface area contributed by atoms with Gasteiger partial charge in [0.15, 0.2) is 0 Å². The summed E-state index contributed by atoms with van der Waals surface area (Å²) >= 11 is 5.10. The number of thiocarbonyl (C=S) groups is 1. The van der Waals surface area contributed by atoms with Crippen molar-refractivity contribution in [2.45, 2.75) is 39.0 Å². The van der Waals surface area contributed by atoms with E-state index in [-0.39, 0.29) is 0 Å². The zero-order chi connectivity index (χ0) is 12.3. The van der Waals surface area contributed by atoms with Gasteiger partial charge in [-0.25, -0.2) is 0 Å². The summed E-state index contributed by atoms with van der Waals surface area (Å²) in [5.41, 5.74) is 0. The lowest BCUT2D eigenvalue weighted by Crippen LogP contribution is -2.27. The highest BCUT2D eigenvalue weighted by Gasteiger charge is 1.98. The van der Waals surface area contributed by atoms with Gasteiger partial charge in [0.1, 0.15) is 5.75 Å². The molecule has 0 aliphatic heterocycles. The zero-order valence-corrected chi connectivity index (χ0v) is 11.3. The fourth-order valence-corrected chi connectivity index (χ4v) is 1.75. The van der Waals surface area contributed by atoms with Gasteiger partial charge in [0, 0.05) is 6.54 Å². The van der Waals surface area contributed by atoms with E-state index in [1.165, 1.54) is 25.7 Å². The van der Waals surface area contributed by atoms with E-state index in [0.29, 0.717) is 5.17 Å². The van der Waals surface area contributed by atoms with E-state index in [9.17, 15) is 0 Å². The van der Waals surface area contributed by atoms with E-state index in [1.54, 1.807) is 0 Å². The molecule has 2 nitrogen and oxygen atoms in total. The molecule has 0 bridgehead atoms. The van der Waals surface area contributed by atoms with Crippen LogP contribution in [-0.2, 0) is 0 Å². The topological polar surface area (TPSA) is 21.3 Å². The SMILES string of the molecule is CCCCCCCNC(=S)Oc1ccccc1. The Bertz CT molecular complexity index is 313. The number of rotatable bonds is 7. The molecule has 1 aromatic rings. The third-order valence-corrected chi connectivity index (χ3v) is 2.73. The highest BCUT2D eigenvalue weighted by Crippen LogP contribution is 2.08. The maximum atomic E-state index is 5.46. The second kappa shape index (κ2) is 8.99. The molecule has 17 heavy (non-hydrogen) atoms. The smallest absolute Gasteiger partial charge is 0.262 e. The van der Waals surface area contributed by atoms with Crippen LogP contribution in [0.4, 0.5) is 0 Å². The molecular formula is C14H21NOS. The molecule has 0 atom stereocenters. The second-order valence-electron chi connectivity index (χ2n) is 4.04. The average molecular weight is 251 g/mol. The van der Waals surface area contributed by atoms with Crippen molar-refractivity contribution in [2.75, 3.05) is 6.54 Å². The van der Waals surface area contributed by atoms with Crippen molar-refractivity contribution in [3.63, 3.8) is 0 Å². The number of hydrogen-bond acceptors (Lipinski definition) is 2. The first-order valence-corrected chi connectivity index (χ1v) is 6.74. The molecular weight excluding hydrogens is 230 g/mol. The molecule has 0 aromatic heterocycles. The number of ether oxygens (including phenoxy) is 1. The molecule has 0 amide bonds. The maximum absolute atomic E-state index is 5.46. The summed E-state index contributed by atoms with van der Waals surface area (Å²) in [7, 11) is 0. The van der Waals surface area contributed by atoms with Gasteiger partial charge in [-0.15, -0.1) is 0 Å². The van der Waals surface area contributed by atoms with E-state index in [0.717, 1.165) is 18.7 Å². The van der Waals surface area contributed by atoms with Gasteiger partial charge >= 0.3 is 0 Å². The Morgan fingerprint density at radius 2 is 1.82 bits per heavy atom. The first-order chi connectivity index (χ1) is 8.33. The van der Waals surface area contributed by atoms with Crippen LogP contribution in [0.1, 0.15) is 39.0 Å². The normalized spacial score (nSPS) is 9.94. The van der Waals surface area contributed by atoms with Crippen LogP contribution in [0.2, 0.25) is 0 Å². The molecule has 1 N–H and O–H groups in total. The highest BCUT2D eigenvalue weighted by molar-refractivity contribution is 7.80. The van der Waals surface area contributed by atoms with Crippen LogP contribution >= 0.6 is 12.2 Å². The van der Waals surface area contributed by atoms with Crippen molar-refractivity contribution < 1.29 is 4.74 Å². The molecule has 0 radical (unpaired) electrons. The van der Waals surface area contributed by atoms with Crippen molar-refractivity contribution in [1.29, 1.82) is 0 Å². The summed E-state index contributed by atoms with van der Waals surface area (Å²) in [6, 6.07) is 9.62. The number of nitrogens with one attached hydrogen (secondary N) is 1. The Hall–Kier alpha value is -1.09. The summed E-state index contributed by atoms with van der Waals surface area (Å²) in [4.78, 5) is 0. The summed E-state index contributed by atoms with van der Waals surface area (Å²) < 4.78 is 5.46. The summed E-state index contributed by atoms with van der Waals surface area (Å²) in [6.07, 6.45) is 6.32. The summed E-state index contributed by atoms with van der Waals surface area (Å²) in [5.74, 6) is 0.788. The predicted molar refractivity (Wildman–Crippen MR) is 76.4 cm³/mol. The lowest BCUT2D eigenvalue weighted by atomic mass is 10.1. The van der Waals surface area contributed by atoms with E-state index in [1.807, 2.05) is 30.3 Å². The minimum absolute atomic E-state index is 0.465. The second-order valence-corrected chi connectivity index (χ2v) is 4.41. The Kier molecular flexibility index (Phi) is 7.39. The van der Waals surface area contributed by atoms with Crippen LogP contribution in [0.15, 0.2) is 30.3 Å². The van der Waals surface area contributed by atoms with Crippen molar-refractivity contribution in [2.24, 2.45) is 0 Å². The van der Waals surface area contributed by atoms with E-state index in [4.69, 9.17) is 17.0 Å². The molecule has 0 heterocycles. The van der Waals surface area contributed by atoms with Crippen LogP contribution in [-0.4, -0.2) is 11.7 Å². The van der Waals surface area contributed by atoms with Gasteiger partial charge in [-0.05, 0) is 30.8 Å². The molecule has 0 saturated heterocycles. The number of para-hydroxylation sites is 1. The standard InChI is InChI=1S/C14H21NOS/c1-2-3-4-5-9-12-15-14(17)16-13-10-7-6-8-11-13/h6-8,10-11H,2-5,9,12H2,1H3,(H,15,17). The van der Waals surface area contributed by atoms with Gasteiger partial charge in [0.25, 0.3) is 5.17 Å². The fourth-order valence-electron chi connectivity index (χ4n) is 1.55. The molecule has 1 rings (SSSR count). The maximum Gasteiger partial charge on any atom is 0.262 e. The van der Waals surface area contributed by atoms with Crippen molar-refractivity contribution in [3.05, 3.63) is 30.3 Å². The third-order valence-electron chi connectivity index (χ3n) is 2.50. The number of hydrogen-bond donors (Lipinski definition) is 1. The third kappa shape index (κ3) is 6.95. The monoisotopic (exact) mass is 251 g/mol. The van der Waals surface area contributed by atoms with E-state index < -0.39 is 0 Å². The van der Waals surface area contributed by atoms with E-state index >= 15 is 0 Å². The van der Waals surface area contributed by atoms with Gasteiger partial charge in [-0.2, -0.15) is 0 Å². The van der Waals surface area contributed by atoms with Crippen LogP contribution in [0.25, 0.3) is 0 Å². The summed E-state index contributed by atoms with van der Waals surface area (Å²) in [5, 5.41) is 3.58. The number of benzene rings is 1. The Labute approximate surface area is 109 Å². The lowest BCUT2D eigenvalue weighted by Gasteiger charge is -2.08. The highest BCUT2D eigenvalue weighted by atomic mass is 32.1. The molecule has 0 fully saturated rings. The van der Waals surface area contributed by atoms with Crippen molar-refractivity contribution in [3.8, 4) is 5.75 Å². The van der Waals surface area contributed by atoms with Crippen LogP contribution in [0, 0.1) is 0 Å². The molecule has 0 unspecified atom stereocenters. The summed E-state index contributed by atoms with van der Waals surface area (Å²) in [6.45, 7) is 3.12. The molecule has 0 spiro atoms. The first-order valence-electron chi connectivity index (χ1n) is 6.33. The van der Waals surface area contributed by atoms with Crippen molar-refractivity contribution in [1.82, 2.24) is 5.32 Å². The molecule has 0 aliphatic rings. The molecule has 0 saturated carbocycles. The van der Waals surface area contributed by atoms with Gasteiger partial charge in [-0.3, -0.25) is 0 Å². The minimum atomic E-state index is 0.465. The Morgan fingerprint density at radius 3 is 2.53 bits per heavy atom. The first kappa shape index (κ1) is 14.0. The Balaban J connectivity index is 2.06.